The summed E-state index contributed by atoms with van der Waals surface area (Å²) in [6, 6.07) is 5.64. The quantitative estimate of drug-likeness (QED) is 0.118. The van der Waals surface area contributed by atoms with Crippen LogP contribution in [0.1, 0.15) is 96.5 Å². The Balaban J connectivity index is 0.000000686. The molecule has 3 nitrogen and oxygen atoms in total. The van der Waals surface area contributed by atoms with Crippen molar-refractivity contribution in [1.29, 1.82) is 0 Å². The number of carbonyl (C=O) groups is 2. The van der Waals surface area contributed by atoms with Gasteiger partial charge >= 0.3 is 5.97 Å². The van der Waals surface area contributed by atoms with Gasteiger partial charge in [-0.25, -0.2) is 18.0 Å². The molecule has 0 aromatic heterocycles. The first-order chi connectivity index (χ1) is 17.1. The molecule has 0 spiro atoms. The highest BCUT2D eigenvalue weighted by molar-refractivity contribution is 5.91. The summed E-state index contributed by atoms with van der Waals surface area (Å²) in [6.07, 6.45) is 5.12. The molecule has 2 rings (SSSR count). The number of hydrogen-bond acceptors (Lipinski definition) is 3. The molecule has 0 bridgehead atoms. The van der Waals surface area contributed by atoms with Crippen molar-refractivity contribution >= 4 is 11.8 Å². The molecule has 0 radical (unpaired) electrons. The lowest BCUT2D eigenvalue weighted by Gasteiger charge is -2.26. The van der Waals surface area contributed by atoms with Crippen molar-refractivity contribution in [1.82, 2.24) is 0 Å². The van der Waals surface area contributed by atoms with E-state index in [0.717, 1.165) is 24.8 Å². The van der Waals surface area contributed by atoms with Gasteiger partial charge in [0.2, 0.25) is 34.8 Å². The maximum atomic E-state index is 13.3. The number of hydrogen-bond donors (Lipinski definition) is 0. The van der Waals surface area contributed by atoms with E-state index in [1.807, 2.05) is 0 Å². The van der Waals surface area contributed by atoms with Gasteiger partial charge in [-0.3, -0.25) is 4.79 Å². The second-order valence-electron chi connectivity index (χ2n) is 9.91. The second-order valence-corrected chi connectivity index (χ2v) is 9.91. The molecule has 2 aromatic carbocycles. The summed E-state index contributed by atoms with van der Waals surface area (Å²) >= 11 is 0. The minimum atomic E-state index is -2.32. The fraction of sp³-hybridized carbons (Fsp3) is 0.517. The van der Waals surface area contributed by atoms with Crippen LogP contribution in [0.15, 0.2) is 24.3 Å². The third kappa shape index (κ3) is 11.4. The van der Waals surface area contributed by atoms with Crippen molar-refractivity contribution in [3.05, 3.63) is 64.5 Å². The number of halogens is 5. The molecular formula is C29H39F5O3. The van der Waals surface area contributed by atoms with Crippen LogP contribution in [0, 0.1) is 47.3 Å². The Kier molecular flexibility index (Phi) is 14.9. The number of rotatable bonds is 7. The van der Waals surface area contributed by atoms with Crippen LogP contribution in [0.4, 0.5) is 22.0 Å². The Morgan fingerprint density at radius 1 is 0.784 bits per heavy atom. The monoisotopic (exact) mass is 530 g/mol. The second kappa shape index (κ2) is 16.2. The highest BCUT2D eigenvalue weighted by Gasteiger charge is 2.28. The van der Waals surface area contributed by atoms with Gasteiger partial charge in [0.1, 0.15) is 5.78 Å². The lowest BCUT2D eigenvalue weighted by atomic mass is 9.79. The summed E-state index contributed by atoms with van der Waals surface area (Å²) in [5, 5.41) is 0. The number of benzene rings is 2. The largest absolute Gasteiger partial charge is 0.416 e. The van der Waals surface area contributed by atoms with Crippen LogP contribution in [-0.2, 0) is 4.79 Å². The molecule has 0 aliphatic rings. The van der Waals surface area contributed by atoms with Gasteiger partial charge in [0, 0.05) is 12.8 Å². The van der Waals surface area contributed by atoms with Crippen LogP contribution in [0.5, 0.6) is 5.75 Å². The summed E-state index contributed by atoms with van der Waals surface area (Å²) in [6.45, 7) is 16.9. The van der Waals surface area contributed by atoms with Gasteiger partial charge in [0.05, 0.1) is 5.56 Å². The highest BCUT2D eigenvalue weighted by atomic mass is 19.2. The van der Waals surface area contributed by atoms with Crippen LogP contribution < -0.4 is 4.74 Å². The Hall–Kier alpha value is -2.77. The molecule has 0 saturated heterocycles. The topological polar surface area (TPSA) is 43.4 Å². The van der Waals surface area contributed by atoms with Gasteiger partial charge in [-0.15, -0.1) is 0 Å². The van der Waals surface area contributed by atoms with E-state index in [-0.39, 0.29) is 11.0 Å². The molecule has 0 fully saturated rings. The van der Waals surface area contributed by atoms with Gasteiger partial charge in [-0.1, -0.05) is 79.0 Å². The SMILES string of the molecule is CCCC.CCCC(=O)CC(C)C(C)(C)C.Cc1ccc(C(=O)Oc2c(F)c(F)c(F)c(F)c2F)cc1. The Morgan fingerprint density at radius 2 is 1.22 bits per heavy atom. The fourth-order valence-electron chi connectivity index (χ4n) is 2.54. The van der Waals surface area contributed by atoms with Crippen molar-refractivity contribution in [2.45, 2.75) is 87.5 Å². The van der Waals surface area contributed by atoms with Gasteiger partial charge in [-0.2, -0.15) is 8.78 Å². The summed E-state index contributed by atoms with van der Waals surface area (Å²) in [5.41, 5.74) is 0.982. The molecule has 37 heavy (non-hydrogen) atoms. The molecule has 0 N–H and O–H groups in total. The van der Waals surface area contributed by atoms with Crippen LogP contribution in [0.3, 0.4) is 0 Å². The summed E-state index contributed by atoms with van der Waals surface area (Å²) in [5.74, 6) is -13.0. The summed E-state index contributed by atoms with van der Waals surface area (Å²) in [4.78, 5) is 22.9. The normalized spacial score (nSPS) is 11.5. The van der Waals surface area contributed by atoms with E-state index >= 15 is 0 Å². The number of ether oxygens (including phenoxy) is 1. The van der Waals surface area contributed by atoms with Gasteiger partial charge in [0.15, 0.2) is 0 Å². The van der Waals surface area contributed by atoms with E-state index in [4.69, 9.17) is 0 Å². The van der Waals surface area contributed by atoms with Crippen molar-refractivity contribution in [2.75, 3.05) is 0 Å². The van der Waals surface area contributed by atoms with Gasteiger partial charge < -0.3 is 4.74 Å². The van der Waals surface area contributed by atoms with Crippen LogP contribution >= 0.6 is 0 Å². The molecule has 8 heteroatoms. The fourth-order valence-corrected chi connectivity index (χ4v) is 2.54. The summed E-state index contributed by atoms with van der Waals surface area (Å²) < 4.78 is 69.7. The van der Waals surface area contributed by atoms with E-state index in [2.05, 4.69) is 53.2 Å². The van der Waals surface area contributed by atoms with Crippen molar-refractivity contribution in [2.24, 2.45) is 11.3 Å². The standard InChI is InChI=1S/C14H7F5O2.C11H22O.C4H10/c1-6-2-4-7(5-3-6)14(20)21-13-11(18)9(16)8(15)10(17)12(13)19;1-6-7-10(12)8-9(2)11(3,4)5;1-3-4-2/h2-5H,1H3;9H,6-8H2,1-5H3;3-4H2,1-2H3. The molecule has 0 amide bonds. The minimum absolute atomic E-state index is 0.0930. The van der Waals surface area contributed by atoms with Crippen LogP contribution in [0.25, 0.3) is 0 Å². The number of ketones is 1. The Morgan fingerprint density at radius 3 is 1.59 bits per heavy atom. The molecule has 1 unspecified atom stereocenters. The summed E-state index contributed by atoms with van der Waals surface area (Å²) in [7, 11) is 0. The average Bonchev–Trinajstić information content (AvgIpc) is 2.84. The zero-order valence-corrected chi connectivity index (χ0v) is 23.0. The Labute approximate surface area is 217 Å². The first kappa shape index (κ1) is 34.2. The number of aryl methyl sites for hydroxylation is 1. The van der Waals surface area contributed by atoms with Crippen molar-refractivity contribution in [3.8, 4) is 5.75 Å². The van der Waals surface area contributed by atoms with Gasteiger partial charge in [0.25, 0.3) is 0 Å². The van der Waals surface area contributed by atoms with Crippen LogP contribution in [0.2, 0.25) is 0 Å². The average molecular weight is 531 g/mol. The minimum Gasteiger partial charge on any atom is -0.416 e. The molecular weight excluding hydrogens is 491 g/mol. The predicted molar refractivity (Wildman–Crippen MR) is 136 cm³/mol. The lowest BCUT2D eigenvalue weighted by Crippen LogP contribution is -2.20. The lowest BCUT2D eigenvalue weighted by molar-refractivity contribution is -0.120. The van der Waals surface area contributed by atoms with E-state index in [1.54, 1.807) is 6.92 Å². The van der Waals surface area contributed by atoms with E-state index in [1.165, 1.54) is 37.1 Å². The first-order valence-corrected chi connectivity index (χ1v) is 12.4. The maximum absolute atomic E-state index is 13.3. The molecule has 0 aliphatic carbocycles. The van der Waals surface area contributed by atoms with E-state index < -0.39 is 40.8 Å². The number of unbranched alkanes of at least 4 members (excludes halogenated alkanes) is 1. The molecule has 208 valence electrons. The Bertz CT molecular complexity index is 981. The molecule has 0 saturated carbocycles. The third-order valence-electron chi connectivity index (χ3n) is 5.69. The zero-order chi connectivity index (χ0) is 28.9. The van der Waals surface area contributed by atoms with Crippen molar-refractivity contribution < 1.29 is 36.3 Å². The molecule has 2 aromatic rings. The third-order valence-corrected chi connectivity index (χ3v) is 5.69. The number of esters is 1. The van der Waals surface area contributed by atoms with E-state index in [0.29, 0.717) is 11.7 Å². The molecule has 0 aliphatic heterocycles. The maximum Gasteiger partial charge on any atom is 0.343 e. The first-order valence-electron chi connectivity index (χ1n) is 12.4. The number of Topliss-reactive ketones (excluding diaryl/α,β-unsaturated/α-hetero) is 1. The molecule has 1 atom stereocenters. The predicted octanol–water partition coefficient (Wildman–Crippen LogP) is 9.14. The van der Waals surface area contributed by atoms with Gasteiger partial charge in [-0.05, 0) is 36.8 Å². The zero-order valence-electron chi connectivity index (χ0n) is 23.0. The van der Waals surface area contributed by atoms with Crippen molar-refractivity contribution in [3.63, 3.8) is 0 Å². The van der Waals surface area contributed by atoms with Crippen LogP contribution in [-0.4, -0.2) is 11.8 Å². The molecule has 0 heterocycles. The smallest absolute Gasteiger partial charge is 0.343 e. The number of carbonyl (C=O) groups excluding carboxylic acids is 2. The highest BCUT2D eigenvalue weighted by Crippen LogP contribution is 2.30. The van der Waals surface area contributed by atoms with E-state index in [9.17, 15) is 31.5 Å².